The summed E-state index contributed by atoms with van der Waals surface area (Å²) in [7, 11) is 0. The van der Waals surface area contributed by atoms with Crippen LogP contribution in [0.25, 0.3) is 11.0 Å². The highest BCUT2D eigenvalue weighted by Gasteiger charge is 2.30. The zero-order valence-electron chi connectivity index (χ0n) is 17.4. The van der Waals surface area contributed by atoms with E-state index in [4.69, 9.17) is 0 Å². The number of anilines is 1. The molecule has 34 heavy (non-hydrogen) atoms. The minimum Gasteiger partial charge on any atom is -0.333 e. The van der Waals surface area contributed by atoms with Crippen molar-refractivity contribution in [3.05, 3.63) is 89.5 Å². The van der Waals surface area contributed by atoms with E-state index in [1.54, 1.807) is 24.3 Å². The second-order valence-electron chi connectivity index (χ2n) is 7.16. The highest BCUT2D eigenvalue weighted by atomic mass is 32.2. The van der Waals surface area contributed by atoms with Gasteiger partial charge in [0.05, 0.1) is 16.6 Å². The fourth-order valence-electron chi connectivity index (χ4n) is 3.02. The van der Waals surface area contributed by atoms with Gasteiger partial charge in [-0.1, -0.05) is 42.1 Å². The van der Waals surface area contributed by atoms with Crippen LogP contribution in [0.1, 0.15) is 21.5 Å². The first kappa shape index (κ1) is 23.2. The van der Waals surface area contributed by atoms with E-state index in [1.807, 2.05) is 24.3 Å². The van der Waals surface area contributed by atoms with Crippen LogP contribution in [0.4, 0.5) is 23.7 Å². The molecule has 0 aliphatic carbocycles. The van der Waals surface area contributed by atoms with Crippen molar-refractivity contribution in [2.75, 3.05) is 5.32 Å². The quantitative estimate of drug-likeness (QED) is 0.227. The Morgan fingerprint density at radius 1 is 0.941 bits per heavy atom. The topological polar surface area (TPSA) is 98.9 Å². The van der Waals surface area contributed by atoms with E-state index in [0.29, 0.717) is 11.3 Å². The molecule has 11 heteroatoms. The van der Waals surface area contributed by atoms with Crippen LogP contribution in [0.5, 0.6) is 0 Å². The fraction of sp³-hybridized carbons (Fsp3) is 0.0870. The van der Waals surface area contributed by atoms with Crippen molar-refractivity contribution in [3.8, 4) is 0 Å². The Balaban J connectivity index is 1.26. The molecule has 0 aliphatic heterocycles. The Labute approximate surface area is 196 Å². The van der Waals surface area contributed by atoms with Crippen LogP contribution in [-0.4, -0.2) is 21.9 Å². The second-order valence-corrected chi connectivity index (χ2v) is 8.12. The number of para-hydroxylation sites is 2. The number of hydrogen-bond donors (Lipinski definition) is 4. The zero-order chi connectivity index (χ0) is 24.1. The molecule has 0 fully saturated rings. The molecule has 4 aromatic rings. The van der Waals surface area contributed by atoms with Gasteiger partial charge in [0.15, 0.2) is 5.16 Å². The minimum absolute atomic E-state index is 0.0621. The Morgan fingerprint density at radius 3 is 2.44 bits per heavy atom. The number of nitrogens with one attached hydrogen (secondary N) is 4. The highest BCUT2D eigenvalue weighted by molar-refractivity contribution is 7.98. The van der Waals surface area contributed by atoms with Crippen molar-refractivity contribution in [1.29, 1.82) is 0 Å². The third kappa shape index (κ3) is 5.87. The molecule has 0 atom stereocenters. The van der Waals surface area contributed by atoms with Crippen LogP contribution in [0.3, 0.4) is 0 Å². The van der Waals surface area contributed by atoms with Crippen molar-refractivity contribution < 1.29 is 22.8 Å². The van der Waals surface area contributed by atoms with Crippen LogP contribution in [0.15, 0.2) is 78.0 Å². The number of aromatic nitrogens is 2. The number of benzene rings is 3. The van der Waals surface area contributed by atoms with E-state index in [-0.39, 0.29) is 5.69 Å². The molecule has 0 radical (unpaired) electrons. The number of hydrazine groups is 1. The van der Waals surface area contributed by atoms with Crippen LogP contribution in [0.2, 0.25) is 0 Å². The lowest BCUT2D eigenvalue weighted by Crippen LogP contribution is -2.43. The monoisotopic (exact) mass is 485 g/mol. The maximum absolute atomic E-state index is 12.8. The van der Waals surface area contributed by atoms with Gasteiger partial charge >= 0.3 is 12.2 Å². The lowest BCUT2D eigenvalue weighted by Gasteiger charge is -2.11. The molecule has 7 nitrogen and oxygen atoms in total. The number of aromatic amines is 1. The first-order chi connectivity index (χ1) is 16.3. The highest BCUT2D eigenvalue weighted by Crippen LogP contribution is 2.30. The third-order valence-electron chi connectivity index (χ3n) is 4.70. The van der Waals surface area contributed by atoms with E-state index in [9.17, 15) is 22.8 Å². The summed E-state index contributed by atoms with van der Waals surface area (Å²) in [6.07, 6.45) is -4.53. The molecule has 0 unspecified atom stereocenters. The molecule has 1 heterocycles. The number of imidazole rings is 1. The normalized spacial score (nSPS) is 11.3. The Bertz CT molecular complexity index is 1290. The number of halogens is 3. The molecule has 3 aromatic carbocycles. The van der Waals surface area contributed by atoms with E-state index >= 15 is 0 Å². The number of rotatable bonds is 5. The van der Waals surface area contributed by atoms with Crippen molar-refractivity contribution in [2.24, 2.45) is 0 Å². The van der Waals surface area contributed by atoms with Gasteiger partial charge in [-0.25, -0.2) is 15.2 Å². The average Bonchev–Trinajstić information content (AvgIpc) is 3.24. The minimum atomic E-state index is -4.53. The average molecular weight is 485 g/mol. The lowest BCUT2D eigenvalue weighted by atomic mass is 10.1. The maximum atomic E-state index is 12.8. The molecule has 0 saturated heterocycles. The van der Waals surface area contributed by atoms with Crippen LogP contribution in [0, 0.1) is 0 Å². The molecule has 4 N–H and O–H groups in total. The second kappa shape index (κ2) is 9.87. The lowest BCUT2D eigenvalue weighted by molar-refractivity contribution is -0.137. The fourth-order valence-corrected chi connectivity index (χ4v) is 3.86. The van der Waals surface area contributed by atoms with Gasteiger partial charge in [0.1, 0.15) is 0 Å². The number of amides is 3. The standard InChI is InChI=1S/C23H18F3N5O2S/c24-23(25,26)16-4-3-5-17(12-16)27-21(33)31-30-20(32)15-10-8-14(9-11-15)13-34-22-28-18-6-1-2-7-19(18)29-22/h1-12H,13H2,(H,28,29)(H,30,32)(H2,27,31,33). The summed E-state index contributed by atoms with van der Waals surface area (Å²) >= 11 is 1.53. The van der Waals surface area contributed by atoms with E-state index in [1.165, 1.54) is 23.9 Å². The number of thioether (sulfide) groups is 1. The molecular weight excluding hydrogens is 467 g/mol. The summed E-state index contributed by atoms with van der Waals surface area (Å²) in [4.78, 5) is 31.9. The van der Waals surface area contributed by atoms with Crippen molar-refractivity contribution >= 4 is 40.4 Å². The molecule has 1 aromatic heterocycles. The van der Waals surface area contributed by atoms with Gasteiger partial charge in [0.25, 0.3) is 5.91 Å². The Morgan fingerprint density at radius 2 is 1.71 bits per heavy atom. The predicted molar refractivity (Wildman–Crippen MR) is 123 cm³/mol. The van der Waals surface area contributed by atoms with Crippen LogP contribution in [-0.2, 0) is 11.9 Å². The summed E-state index contributed by atoms with van der Waals surface area (Å²) < 4.78 is 38.3. The van der Waals surface area contributed by atoms with Crippen molar-refractivity contribution in [1.82, 2.24) is 20.8 Å². The molecule has 3 amide bonds. The summed E-state index contributed by atoms with van der Waals surface area (Å²) in [5, 5.41) is 3.03. The molecule has 0 bridgehead atoms. The number of alkyl halides is 3. The molecular formula is C23H18F3N5O2S. The first-order valence-electron chi connectivity index (χ1n) is 9.99. The van der Waals surface area contributed by atoms with Crippen LogP contribution < -0.4 is 16.2 Å². The number of urea groups is 1. The van der Waals surface area contributed by atoms with Gasteiger partial charge in [0.2, 0.25) is 0 Å². The first-order valence-corrected chi connectivity index (χ1v) is 11.0. The molecule has 0 aliphatic rings. The molecule has 4 rings (SSSR count). The van der Waals surface area contributed by atoms with Gasteiger partial charge in [-0.05, 0) is 48.0 Å². The summed E-state index contributed by atoms with van der Waals surface area (Å²) in [6.45, 7) is 0. The number of carbonyl (C=O) groups excluding carboxylic acids is 2. The smallest absolute Gasteiger partial charge is 0.333 e. The van der Waals surface area contributed by atoms with Crippen molar-refractivity contribution in [2.45, 2.75) is 17.1 Å². The molecule has 0 saturated carbocycles. The van der Waals surface area contributed by atoms with Gasteiger partial charge < -0.3 is 10.3 Å². The maximum Gasteiger partial charge on any atom is 0.416 e. The largest absolute Gasteiger partial charge is 0.416 e. The summed E-state index contributed by atoms with van der Waals surface area (Å²) in [5.41, 5.74) is 6.49. The summed E-state index contributed by atoms with van der Waals surface area (Å²) in [6, 6.07) is 17.8. The third-order valence-corrected chi connectivity index (χ3v) is 5.64. The van der Waals surface area contributed by atoms with Crippen LogP contribution >= 0.6 is 11.8 Å². The Hall–Kier alpha value is -3.99. The molecule has 174 valence electrons. The van der Waals surface area contributed by atoms with Crippen molar-refractivity contribution in [3.63, 3.8) is 0 Å². The summed E-state index contributed by atoms with van der Waals surface area (Å²) in [5.74, 6) is 0.0648. The molecule has 0 spiro atoms. The predicted octanol–water partition coefficient (Wildman–Crippen LogP) is 5.34. The van der Waals surface area contributed by atoms with E-state index in [2.05, 4.69) is 26.1 Å². The van der Waals surface area contributed by atoms with E-state index < -0.39 is 23.7 Å². The number of nitrogens with zero attached hydrogens (tertiary/aromatic N) is 1. The SMILES string of the molecule is O=C(NNC(=O)c1ccc(CSc2nc3ccccc3[nH]2)cc1)Nc1cccc(C(F)(F)F)c1. The number of hydrogen-bond acceptors (Lipinski definition) is 4. The van der Waals surface area contributed by atoms with E-state index in [0.717, 1.165) is 33.9 Å². The van der Waals surface area contributed by atoms with Gasteiger partial charge in [0, 0.05) is 17.0 Å². The van der Waals surface area contributed by atoms with Gasteiger partial charge in [-0.2, -0.15) is 13.2 Å². The number of carbonyl (C=O) groups is 2. The van der Waals surface area contributed by atoms with Gasteiger partial charge in [-0.3, -0.25) is 10.2 Å². The number of fused-ring (bicyclic) bond motifs is 1. The van der Waals surface area contributed by atoms with Gasteiger partial charge in [-0.15, -0.1) is 0 Å². The number of H-pyrrole nitrogens is 1. The Kier molecular flexibility index (Phi) is 6.73. The zero-order valence-corrected chi connectivity index (χ0v) is 18.3.